The molecule has 0 unspecified atom stereocenters. The number of nitrogens with one attached hydrogen (secondary N) is 1. The summed E-state index contributed by atoms with van der Waals surface area (Å²) in [6, 6.07) is 15.5. The van der Waals surface area contributed by atoms with Crippen molar-refractivity contribution in [2.45, 2.75) is 6.42 Å². The molecule has 0 saturated carbocycles. The monoisotopic (exact) mass is 406 g/mol. The third-order valence-corrected chi connectivity index (χ3v) is 5.43. The van der Waals surface area contributed by atoms with Crippen LogP contribution in [0.25, 0.3) is 0 Å². The van der Waals surface area contributed by atoms with Crippen molar-refractivity contribution < 1.29 is 14.3 Å². The molecule has 2 aliphatic rings. The second kappa shape index (κ2) is 9.61. The average Bonchev–Trinajstić information content (AvgIpc) is 2.81. The van der Waals surface area contributed by atoms with Crippen LogP contribution in [0.3, 0.4) is 0 Å². The zero-order chi connectivity index (χ0) is 20.8. The average molecular weight is 406 g/mol. The maximum absolute atomic E-state index is 12.9. The largest absolute Gasteiger partial charge is 0.378 e. The van der Waals surface area contributed by atoms with Crippen molar-refractivity contribution in [1.82, 2.24) is 0 Å². The Morgan fingerprint density at radius 2 is 1.67 bits per heavy atom. The highest BCUT2D eigenvalue weighted by molar-refractivity contribution is 6.06. The minimum absolute atomic E-state index is 0.177. The standard InChI is InChI=1S/C23H26N4O3/c24-7-6-18-2-1-3-19(16-18)23(28)25-21-5-4-20(26-8-12-29-13-9-26)17-22(21)27-10-14-30-15-11-27/h1-5,16-17H,6,8-15H2,(H,25,28). The van der Waals surface area contributed by atoms with Gasteiger partial charge in [0.25, 0.3) is 5.91 Å². The number of benzene rings is 2. The Morgan fingerprint density at radius 1 is 0.967 bits per heavy atom. The first-order valence-electron chi connectivity index (χ1n) is 10.3. The molecule has 0 atom stereocenters. The Labute approximate surface area is 176 Å². The Morgan fingerprint density at radius 3 is 2.37 bits per heavy atom. The van der Waals surface area contributed by atoms with Gasteiger partial charge < -0.3 is 24.6 Å². The van der Waals surface area contributed by atoms with Gasteiger partial charge in [0.1, 0.15) is 0 Å². The predicted molar refractivity (Wildman–Crippen MR) is 116 cm³/mol. The molecule has 2 saturated heterocycles. The van der Waals surface area contributed by atoms with Crippen LogP contribution in [-0.2, 0) is 15.9 Å². The minimum Gasteiger partial charge on any atom is -0.378 e. The number of amides is 1. The summed E-state index contributed by atoms with van der Waals surface area (Å²) >= 11 is 0. The maximum Gasteiger partial charge on any atom is 0.255 e. The van der Waals surface area contributed by atoms with Gasteiger partial charge in [0.05, 0.1) is 50.3 Å². The van der Waals surface area contributed by atoms with E-state index in [0.717, 1.165) is 62.0 Å². The molecule has 2 aromatic rings. The zero-order valence-corrected chi connectivity index (χ0v) is 17.0. The lowest BCUT2D eigenvalue weighted by Crippen LogP contribution is -2.38. The third-order valence-electron chi connectivity index (χ3n) is 5.43. The summed E-state index contributed by atoms with van der Waals surface area (Å²) in [5.41, 5.74) is 4.30. The topological polar surface area (TPSA) is 77.8 Å². The van der Waals surface area contributed by atoms with Gasteiger partial charge in [-0.15, -0.1) is 0 Å². The fraction of sp³-hybridized carbons (Fsp3) is 0.391. The number of rotatable bonds is 5. The lowest BCUT2D eigenvalue weighted by Gasteiger charge is -2.33. The number of carbonyl (C=O) groups excluding carboxylic acids is 1. The van der Waals surface area contributed by atoms with Crippen LogP contribution in [0.1, 0.15) is 15.9 Å². The number of morpholine rings is 2. The molecule has 30 heavy (non-hydrogen) atoms. The molecule has 7 nitrogen and oxygen atoms in total. The molecule has 2 aromatic carbocycles. The van der Waals surface area contributed by atoms with Gasteiger partial charge in [0, 0.05) is 37.4 Å². The SMILES string of the molecule is N#CCc1cccc(C(=O)Nc2ccc(N3CCOCC3)cc2N2CCOCC2)c1. The van der Waals surface area contributed by atoms with Crippen LogP contribution >= 0.6 is 0 Å². The highest BCUT2D eigenvalue weighted by atomic mass is 16.5. The molecule has 0 aromatic heterocycles. The number of ether oxygens (including phenoxy) is 2. The van der Waals surface area contributed by atoms with Crippen LogP contribution in [0.15, 0.2) is 42.5 Å². The molecule has 0 aliphatic carbocycles. The summed E-state index contributed by atoms with van der Waals surface area (Å²) < 4.78 is 11.0. The van der Waals surface area contributed by atoms with E-state index >= 15 is 0 Å². The van der Waals surface area contributed by atoms with Crippen LogP contribution in [0, 0.1) is 11.3 Å². The quantitative estimate of drug-likeness (QED) is 0.823. The number of carbonyl (C=O) groups is 1. The Bertz CT molecular complexity index is 928. The van der Waals surface area contributed by atoms with Crippen molar-refractivity contribution in [3.8, 4) is 6.07 Å². The molecule has 0 radical (unpaired) electrons. The van der Waals surface area contributed by atoms with Gasteiger partial charge in [-0.2, -0.15) is 5.26 Å². The molecule has 1 amide bonds. The van der Waals surface area contributed by atoms with Crippen molar-refractivity contribution in [3.05, 3.63) is 53.6 Å². The Hall–Kier alpha value is -3.08. The van der Waals surface area contributed by atoms with E-state index in [1.54, 1.807) is 12.1 Å². The van der Waals surface area contributed by atoms with Crippen molar-refractivity contribution in [3.63, 3.8) is 0 Å². The molecule has 2 aliphatic heterocycles. The summed E-state index contributed by atoms with van der Waals surface area (Å²) in [7, 11) is 0. The van der Waals surface area contributed by atoms with Gasteiger partial charge in [-0.05, 0) is 35.9 Å². The molecule has 4 rings (SSSR count). The van der Waals surface area contributed by atoms with Crippen LogP contribution in [0.4, 0.5) is 17.1 Å². The number of anilines is 3. The first-order valence-corrected chi connectivity index (χ1v) is 10.3. The summed E-state index contributed by atoms with van der Waals surface area (Å²) in [5, 5.41) is 12.0. The smallest absolute Gasteiger partial charge is 0.255 e. The van der Waals surface area contributed by atoms with E-state index in [1.165, 1.54) is 0 Å². The number of nitriles is 1. The lowest BCUT2D eigenvalue weighted by atomic mass is 10.1. The summed E-state index contributed by atoms with van der Waals surface area (Å²) in [6.45, 7) is 6.09. The Balaban J connectivity index is 1.60. The van der Waals surface area contributed by atoms with Gasteiger partial charge in [-0.1, -0.05) is 12.1 Å². The van der Waals surface area contributed by atoms with Crippen molar-refractivity contribution in [1.29, 1.82) is 5.26 Å². The summed E-state index contributed by atoms with van der Waals surface area (Å²) in [4.78, 5) is 17.5. The summed E-state index contributed by atoms with van der Waals surface area (Å²) in [6.07, 6.45) is 0.286. The van der Waals surface area contributed by atoms with E-state index < -0.39 is 0 Å². The van der Waals surface area contributed by atoms with E-state index in [0.29, 0.717) is 18.8 Å². The molecule has 7 heteroatoms. The van der Waals surface area contributed by atoms with Crippen LogP contribution in [0.5, 0.6) is 0 Å². The fourth-order valence-electron chi connectivity index (χ4n) is 3.82. The predicted octanol–water partition coefficient (Wildman–Crippen LogP) is 2.68. The molecule has 2 heterocycles. The molecular formula is C23H26N4O3. The van der Waals surface area contributed by atoms with Gasteiger partial charge in [0.15, 0.2) is 0 Å². The third kappa shape index (κ3) is 4.73. The molecule has 0 spiro atoms. The number of nitrogens with zero attached hydrogens (tertiary/aromatic N) is 3. The maximum atomic E-state index is 12.9. The molecule has 1 N–H and O–H groups in total. The van der Waals surface area contributed by atoms with E-state index in [1.807, 2.05) is 18.2 Å². The van der Waals surface area contributed by atoms with Crippen molar-refractivity contribution in [2.24, 2.45) is 0 Å². The normalized spacial score (nSPS) is 16.8. The zero-order valence-electron chi connectivity index (χ0n) is 17.0. The van der Waals surface area contributed by atoms with E-state index in [9.17, 15) is 4.79 Å². The lowest BCUT2D eigenvalue weighted by molar-refractivity contribution is 0.102. The summed E-state index contributed by atoms with van der Waals surface area (Å²) in [5.74, 6) is -0.177. The van der Waals surface area contributed by atoms with Gasteiger partial charge >= 0.3 is 0 Å². The Kier molecular flexibility index (Phi) is 6.47. The molecule has 0 bridgehead atoms. The van der Waals surface area contributed by atoms with Crippen LogP contribution in [0.2, 0.25) is 0 Å². The van der Waals surface area contributed by atoms with E-state index in [2.05, 4.69) is 33.3 Å². The van der Waals surface area contributed by atoms with Crippen LogP contribution < -0.4 is 15.1 Å². The molecular weight excluding hydrogens is 380 g/mol. The van der Waals surface area contributed by atoms with E-state index in [4.69, 9.17) is 14.7 Å². The number of hydrogen-bond acceptors (Lipinski definition) is 6. The van der Waals surface area contributed by atoms with Crippen LogP contribution in [-0.4, -0.2) is 58.5 Å². The first kappa shape index (κ1) is 20.2. The highest BCUT2D eigenvalue weighted by Gasteiger charge is 2.20. The molecule has 2 fully saturated rings. The molecule has 156 valence electrons. The second-order valence-corrected chi connectivity index (χ2v) is 7.39. The van der Waals surface area contributed by atoms with Gasteiger partial charge in [-0.3, -0.25) is 4.79 Å². The fourth-order valence-corrected chi connectivity index (χ4v) is 3.82. The van der Waals surface area contributed by atoms with Gasteiger partial charge in [0.2, 0.25) is 0 Å². The minimum atomic E-state index is -0.177. The second-order valence-electron chi connectivity index (χ2n) is 7.39. The highest BCUT2D eigenvalue weighted by Crippen LogP contribution is 2.32. The van der Waals surface area contributed by atoms with Crippen molar-refractivity contribution >= 4 is 23.0 Å². The first-order chi connectivity index (χ1) is 14.7. The van der Waals surface area contributed by atoms with E-state index in [-0.39, 0.29) is 12.3 Å². The van der Waals surface area contributed by atoms with Gasteiger partial charge in [-0.25, -0.2) is 0 Å². The number of hydrogen-bond donors (Lipinski definition) is 1. The van der Waals surface area contributed by atoms with Crippen molar-refractivity contribution in [2.75, 3.05) is 67.7 Å².